The molecule has 3 heterocycles. The minimum atomic E-state index is -3.76. The lowest BCUT2D eigenvalue weighted by Crippen LogP contribution is -2.64. The third-order valence-corrected chi connectivity index (χ3v) is 18.5. The number of unbranched alkanes of at least 4 members (excludes halogenated alkanes) is 5. The molecular formula is C64H86N7O16P. The van der Waals surface area contributed by atoms with Gasteiger partial charge in [-0.25, -0.2) is 0 Å². The number of fused-ring (bicyclic) bond motifs is 2. The van der Waals surface area contributed by atoms with Gasteiger partial charge in [0.25, 0.3) is 5.91 Å². The first kappa shape index (κ1) is 68.4. The van der Waals surface area contributed by atoms with Gasteiger partial charge in [-0.1, -0.05) is 114 Å². The molecule has 14 atom stereocenters. The summed E-state index contributed by atoms with van der Waals surface area (Å²) in [4.78, 5) is 114. The molecule has 3 saturated heterocycles. The van der Waals surface area contributed by atoms with Gasteiger partial charge in [0.05, 0.1) is 43.2 Å². The normalized spacial score (nSPS) is 26.0. The second-order valence-electron chi connectivity index (χ2n) is 23.6. The van der Waals surface area contributed by atoms with Gasteiger partial charge in [-0.2, -0.15) is 0 Å². The smallest absolute Gasteiger partial charge is 0.251 e. The number of hydrogen-bond acceptors (Lipinski definition) is 15. The molecular weight excluding hydrogens is 1150 g/mol. The molecule has 0 aliphatic carbocycles. The van der Waals surface area contributed by atoms with Crippen LogP contribution in [0.4, 0.5) is 0 Å². The molecule has 88 heavy (non-hydrogen) atoms. The zero-order chi connectivity index (χ0) is 64.0. The Morgan fingerprint density at radius 2 is 1.17 bits per heavy atom. The van der Waals surface area contributed by atoms with E-state index in [0.29, 0.717) is 18.6 Å². The van der Waals surface area contributed by atoms with Gasteiger partial charge < -0.3 is 76.7 Å². The molecule has 23 nitrogen and oxygen atoms in total. The zero-order valence-corrected chi connectivity index (χ0v) is 51.4. The fraction of sp³-hybridized carbons (Fsp3) is 0.516. The summed E-state index contributed by atoms with van der Waals surface area (Å²) in [7, 11) is -3.76. The number of nitrogens with one attached hydrogen (secondary N) is 5. The highest BCUT2D eigenvalue weighted by atomic mass is 31.2. The molecule has 3 fully saturated rings. The summed E-state index contributed by atoms with van der Waals surface area (Å²) < 4.78 is 19.1. The van der Waals surface area contributed by atoms with Crippen LogP contribution in [0.1, 0.15) is 108 Å². The highest BCUT2D eigenvalue weighted by Gasteiger charge is 2.49. The van der Waals surface area contributed by atoms with E-state index in [1.54, 1.807) is 19.1 Å². The van der Waals surface area contributed by atoms with Gasteiger partial charge in [0.2, 0.25) is 42.8 Å². The van der Waals surface area contributed by atoms with Gasteiger partial charge in [0.15, 0.2) is 0 Å². The summed E-state index contributed by atoms with van der Waals surface area (Å²) in [6.45, 7) is 7.28. The fourth-order valence-electron chi connectivity index (χ4n) is 11.3. The highest BCUT2D eigenvalue weighted by molar-refractivity contribution is 7.66. The van der Waals surface area contributed by atoms with Crippen molar-refractivity contribution in [3.63, 3.8) is 0 Å². The number of rotatable bonds is 20. The van der Waals surface area contributed by atoms with Crippen LogP contribution in [0, 0.1) is 5.92 Å². The fourth-order valence-corrected chi connectivity index (χ4v) is 12.8. The molecule has 0 aromatic heterocycles. The molecule has 0 bridgehead atoms. The number of aliphatic hydroxyl groups excluding tert-OH is 6. The molecule has 12 N–H and O–H groups in total. The summed E-state index contributed by atoms with van der Waals surface area (Å²) >= 11 is 0. The third kappa shape index (κ3) is 17.6. The monoisotopic (exact) mass is 1240 g/mol. The van der Waals surface area contributed by atoms with E-state index >= 15 is 0 Å². The minimum Gasteiger partial charge on any atom is -0.494 e. The van der Waals surface area contributed by atoms with Crippen molar-refractivity contribution in [3.05, 3.63) is 108 Å². The van der Waals surface area contributed by atoms with Crippen LogP contribution in [0.25, 0.3) is 22.3 Å². The molecule has 3 aliphatic heterocycles. The van der Waals surface area contributed by atoms with Gasteiger partial charge >= 0.3 is 0 Å². The van der Waals surface area contributed by atoms with Gasteiger partial charge in [-0.15, -0.1) is 0 Å². The van der Waals surface area contributed by atoms with Crippen molar-refractivity contribution < 1.29 is 78.4 Å². The molecule has 24 heteroatoms. The average Bonchev–Trinajstić information content (AvgIpc) is 4.19. The maximum absolute atomic E-state index is 14.6. The molecule has 0 spiro atoms. The lowest BCUT2D eigenvalue weighted by Gasteiger charge is -2.33. The van der Waals surface area contributed by atoms with Crippen molar-refractivity contribution in [1.82, 2.24) is 36.4 Å². The Hall–Kier alpha value is -7.08. The van der Waals surface area contributed by atoms with E-state index in [-0.39, 0.29) is 23.6 Å². The van der Waals surface area contributed by atoms with Crippen LogP contribution in [-0.4, -0.2) is 192 Å². The first-order valence-corrected chi connectivity index (χ1v) is 32.3. The average molecular weight is 1240 g/mol. The number of carbonyl (C=O) groups is 7. The number of β-amino-alcohol motifs (C(OH)–C–C–N with tert-alkyl or cyclic N) is 1. The maximum Gasteiger partial charge on any atom is 0.251 e. The van der Waals surface area contributed by atoms with Crippen molar-refractivity contribution in [2.45, 2.75) is 172 Å². The predicted molar refractivity (Wildman–Crippen MR) is 328 cm³/mol. The molecule has 0 saturated carbocycles. The standard InChI is InChI=1S/C64H86N7O16P/c1-6-8-10-12-30-88(85,86)49-27-13-40(14-28-49)31-52(76)55-61(81)68-54(39(5)73)64(84)71-35-37(3)57(77)56(71)62(82)65-34-46(74)32-50(59(79)67-53(38(4)72)63(83)70-36-47(75)33-51(70)60(80)69-55)66-58(78)45-21-19-43(20-22-45)41-15-17-42(18-16-41)44-23-25-48(26-24-44)87-29-11-9-7-2/h13-28,37-39,46-47,50-57,72-77H,6-12,29-36H2,1-5H3,(H,65,82)(H,66,78)(H,67,79)(H,68,81)(H,69,80)(H,85,86)/t37-,38+,39+,46+,47+,50-,51-,52+,53-,54-,55-,56-,57-/m0/s1. The summed E-state index contributed by atoms with van der Waals surface area (Å²) in [5, 5.41) is 80.5. The lowest BCUT2D eigenvalue weighted by molar-refractivity contribution is -0.147. The van der Waals surface area contributed by atoms with Crippen LogP contribution in [0.15, 0.2) is 97.1 Å². The lowest BCUT2D eigenvalue weighted by atomic mass is 9.99. The van der Waals surface area contributed by atoms with Crippen LogP contribution in [-0.2, 0) is 39.8 Å². The summed E-state index contributed by atoms with van der Waals surface area (Å²) in [6, 6.07) is 17.1. The first-order valence-electron chi connectivity index (χ1n) is 30.4. The van der Waals surface area contributed by atoms with Gasteiger partial charge in [-0.3, -0.25) is 38.1 Å². The van der Waals surface area contributed by atoms with Crippen molar-refractivity contribution in [3.8, 4) is 28.0 Å². The molecule has 4 aromatic rings. The maximum atomic E-state index is 14.6. The van der Waals surface area contributed by atoms with Crippen LogP contribution < -0.4 is 36.6 Å². The van der Waals surface area contributed by atoms with E-state index in [1.807, 2.05) is 55.5 Å². The molecule has 478 valence electrons. The van der Waals surface area contributed by atoms with E-state index in [1.165, 1.54) is 43.3 Å². The van der Waals surface area contributed by atoms with Crippen molar-refractivity contribution >= 4 is 54.0 Å². The Labute approximate surface area is 513 Å². The number of hydrogen-bond donors (Lipinski definition) is 12. The number of aliphatic hydroxyl groups is 6. The quantitative estimate of drug-likeness (QED) is 0.0445. The van der Waals surface area contributed by atoms with E-state index in [0.717, 1.165) is 83.3 Å². The molecule has 7 amide bonds. The van der Waals surface area contributed by atoms with E-state index in [4.69, 9.17) is 4.74 Å². The van der Waals surface area contributed by atoms with Crippen LogP contribution in [0.2, 0.25) is 0 Å². The second-order valence-corrected chi connectivity index (χ2v) is 25.9. The van der Waals surface area contributed by atoms with Crippen molar-refractivity contribution in [2.24, 2.45) is 5.92 Å². The predicted octanol–water partition coefficient (Wildman–Crippen LogP) is 2.03. The summed E-state index contributed by atoms with van der Waals surface area (Å²) in [5.74, 6) is -7.32. The highest BCUT2D eigenvalue weighted by Crippen LogP contribution is 2.40. The summed E-state index contributed by atoms with van der Waals surface area (Å²) in [6.07, 6.45) is -4.85. The SMILES string of the molecule is CCCCCCP(=O)(O)c1ccc(C[C@@H](O)[C@@H]2NC(=O)[C@@H]3C[C@@H](O)CN3C(=O)[C@H]([C@@H](C)O)NC(=O)[C@@H](NC(=O)c3ccc(-c4ccc(-c5ccc(OCCCCC)cc5)cc4)cc3)C[C@@H](O)CNC(=O)[C@@H]3[C@@H](O)[C@@H](C)CN3C(=O)[C@H]([C@@H](C)O)NC2=O)cc1. The topological polar surface area (TPSA) is 354 Å². The van der Waals surface area contributed by atoms with Crippen molar-refractivity contribution in [2.75, 3.05) is 32.4 Å². The second kappa shape index (κ2) is 31.4. The van der Waals surface area contributed by atoms with Crippen molar-refractivity contribution in [1.29, 1.82) is 0 Å². The molecule has 0 radical (unpaired) electrons. The number of nitrogens with zero attached hydrogens (tertiary/aromatic N) is 2. The Bertz CT molecular complexity index is 3080. The van der Waals surface area contributed by atoms with Gasteiger partial charge in [0, 0.05) is 61.8 Å². The zero-order valence-electron chi connectivity index (χ0n) is 50.5. The van der Waals surface area contributed by atoms with Gasteiger partial charge in [0.1, 0.15) is 42.0 Å². The van der Waals surface area contributed by atoms with E-state index in [9.17, 15) is 73.7 Å². The third-order valence-electron chi connectivity index (χ3n) is 16.5. The van der Waals surface area contributed by atoms with E-state index in [2.05, 4.69) is 33.5 Å². The number of carbonyl (C=O) groups excluding carboxylic acids is 7. The Kier molecular flexibility index (Phi) is 24.4. The van der Waals surface area contributed by atoms with E-state index < -0.39 is 160 Å². The van der Waals surface area contributed by atoms with Crippen LogP contribution in [0.3, 0.4) is 0 Å². The number of amides is 7. The number of benzene rings is 4. The first-order chi connectivity index (χ1) is 41.9. The minimum absolute atomic E-state index is 0.0516. The van der Waals surface area contributed by atoms with Gasteiger partial charge in [-0.05, 0) is 90.9 Å². The molecule has 3 aliphatic rings. The Morgan fingerprint density at radius 3 is 1.75 bits per heavy atom. The molecule has 4 aromatic carbocycles. The molecule has 1 unspecified atom stereocenters. The Morgan fingerprint density at radius 1 is 0.636 bits per heavy atom. The Balaban J connectivity index is 1.15. The summed E-state index contributed by atoms with van der Waals surface area (Å²) in [5.41, 5.74) is 3.97. The number of ether oxygens (including phenoxy) is 1. The van der Waals surface area contributed by atoms with Crippen LogP contribution >= 0.6 is 7.37 Å². The molecule has 7 rings (SSSR count). The largest absolute Gasteiger partial charge is 0.494 e. The van der Waals surface area contributed by atoms with Crippen LogP contribution in [0.5, 0.6) is 5.75 Å².